The molecule has 7 heteroatoms. The second-order valence-corrected chi connectivity index (χ2v) is 7.67. The van der Waals surface area contributed by atoms with Crippen molar-refractivity contribution in [3.8, 4) is 0 Å². The van der Waals surface area contributed by atoms with Crippen molar-refractivity contribution < 1.29 is 4.79 Å². The predicted molar refractivity (Wildman–Crippen MR) is 103 cm³/mol. The third-order valence-corrected chi connectivity index (χ3v) is 5.45. The number of nitrogens with one attached hydrogen (secondary N) is 2. The Bertz CT molecular complexity index is 922. The van der Waals surface area contributed by atoms with Crippen LogP contribution in [0.4, 0.5) is 11.5 Å². The molecule has 0 spiro atoms. The Morgan fingerprint density at radius 2 is 2.04 bits per heavy atom. The molecule has 124 valence electrons. The van der Waals surface area contributed by atoms with Crippen LogP contribution in [0.2, 0.25) is 0 Å². The minimum absolute atomic E-state index is 0.114. The first-order chi connectivity index (χ1) is 11.5. The second-order valence-electron chi connectivity index (χ2n) is 5.55. The molecule has 3 rings (SSSR count). The van der Waals surface area contributed by atoms with Gasteiger partial charge in [0.1, 0.15) is 17.0 Å². The number of carbonyl (C=O) groups excluding carboxylic acids is 1. The summed E-state index contributed by atoms with van der Waals surface area (Å²) in [6.45, 7) is 6.22. The van der Waals surface area contributed by atoms with E-state index in [4.69, 9.17) is 0 Å². The quantitative estimate of drug-likeness (QED) is 0.674. The van der Waals surface area contributed by atoms with E-state index in [0.717, 1.165) is 31.5 Å². The van der Waals surface area contributed by atoms with Gasteiger partial charge in [-0.3, -0.25) is 4.79 Å². The molecule has 3 aromatic rings. The Kier molecular flexibility index (Phi) is 4.82. The first-order valence-corrected chi connectivity index (χ1v) is 9.07. The van der Waals surface area contributed by atoms with Gasteiger partial charge in [-0.15, -0.1) is 11.3 Å². The molecule has 2 aromatic heterocycles. The molecule has 0 aliphatic rings. The minimum atomic E-state index is -0.114. The number of hydrogen-bond acceptors (Lipinski definition) is 5. The highest BCUT2D eigenvalue weighted by Gasteiger charge is 2.13. The number of anilines is 2. The average molecular weight is 405 g/mol. The van der Waals surface area contributed by atoms with Crippen LogP contribution in [0.5, 0.6) is 0 Å². The van der Waals surface area contributed by atoms with Gasteiger partial charge in [0, 0.05) is 15.0 Å². The third kappa shape index (κ3) is 3.42. The summed E-state index contributed by atoms with van der Waals surface area (Å²) in [6, 6.07) is 5.75. The number of carbonyl (C=O) groups is 1. The monoisotopic (exact) mass is 404 g/mol. The molecule has 24 heavy (non-hydrogen) atoms. The lowest BCUT2D eigenvalue weighted by Gasteiger charge is -2.10. The Morgan fingerprint density at radius 3 is 2.79 bits per heavy atom. The topological polar surface area (TPSA) is 66.9 Å². The molecule has 0 atom stereocenters. The summed E-state index contributed by atoms with van der Waals surface area (Å²) in [6.07, 6.45) is 1.52. The molecule has 0 saturated heterocycles. The zero-order valence-corrected chi connectivity index (χ0v) is 16.0. The fraction of sp³-hybridized carbons (Fsp3) is 0.235. The molecule has 2 heterocycles. The van der Waals surface area contributed by atoms with Gasteiger partial charge < -0.3 is 10.6 Å². The number of fused-ring (bicyclic) bond motifs is 1. The van der Waals surface area contributed by atoms with Crippen LogP contribution in [0.15, 0.2) is 29.0 Å². The lowest BCUT2D eigenvalue weighted by atomic mass is 10.2. The van der Waals surface area contributed by atoms with Crippen LogP contribution in [-0.2, 0) is 4.79 Å². The number of benzene rings is 1. The number of nitrogens with zero attached hydrogens (tertiary/aromatic N) is 2. The molecule has 5 nitrogen and oxygen atoms in total. The molecule has 2 N–H and O–H groups in total. The van der Waals surface area contributed by atoms with Gasteiger partial charge in [-0.1, -0.05) is 15.9 Å². The first-order valence-electron chi connectivity index (χ1n) is 7.46. The highest BCUT2D eigenvalue weighted by atomic mass is 79.9. The van der Waals surface area contributed by atoms with E-state index >= 15 is 0 Å². The van der Waals surface area contributed by atoms with E-state index in [1.807, 2.05) is 32.0 Å². The summed E-state index contributed by atoms with van der Waals surface area (Å²) in [5.74, 6) is 0.585. The van der Waals surface area contributed by atoms with Crippen LogP contribution in [0, 0.1) is 20.8 Å². The number of aromatic nitrogens is 2. The SMILES string of the molecule is Cc1cc(Br)ccc1NC(=O)CNc1ncnc2sc(C)c(C)c12. The van der Waals surface area contributed by atoms with Gasteiger partial charge in [0.25, 0.3) is 0 Å². The Hall–Kier alpha value is -1.99. The summed E-state index contributed by atoms with van der Waals surface area (Å²) < 4.78 is 0.989. The van der Waals surface area contributed by atoms with E-state index < -0.39 is 0 Å². The second kappa shape index (κ2) is 6.86. The maximum Gasteiger partial charge on any atom is 0.243 e. The highest BCUT2D eigenvalue weighted by Crippen LogP contribution is 2.32. The molecule has 0 aliphatic carbocycles. The van der Waals surface area contributed by atoms with E-state index in [-0.39, 0.29) is 12.5 Å². The van der Waals surface area contributed by atoms with Crippen LogP contribution < -0.4 is 10.6 Å². The number of amides is 1. The van der Waals surface area contributed by atoms with Crippen molar-refractivity contribution >= 4 is 54.9 Å². The maximum absolute atomic E-state index is 12.2. The van der Waals surface area contributed by atoms with Crippen molar-refractivity contribution in [1.29, 1.82) is 0 Å². The smallest absolute Gasteiger partial charge is 0.243 e. The van der Waals surface area contributed by atoms with Crippen molar-refractivity contribution in [3.63, 3.8) is 0 Å². The van der Waals surface area contributed by atoms with Crippen LogP contribution >= 0.6 is 27.3 Å². The Morgan fingerprint density at radius 1 is 1.25 bits per heavy atom. The fourth-order valence-electron chi connectivity index (χ4n) is 2.44. The number of aryl methyl sites for hydroxylation is 3. The third-order valence-electron chi connectivity index (χ3n) is 3.84. The van der Waals surface area contributed by atoms with Gasteiger partial charge in [-0.2, -0.15) is 0 Å². The van der Waals surface area contributed by atoms with E-state index in [2.05, 4.69) is 43.5 Å². The largest absolute Gasteiger partial charge is 0.360 e. The zero-order chi connectivity index (χ0) is 17.3. The van der Waals surface area contributed by atoms with Crippen LogP contribution in [0.1, 0.15) is 16.0 Å². The van der Waals surface area contributed by atoms with Crippen LogP contribution in [0.25, 0.3) is 10.2 Å². The number of rotatable bonds is 4. The molecule has 0 unspecified atom stereocenters. The van der Waals surface area contributed by atoms with E-state index in [9.17, 15) is 4.79 Å². The van der Waals surface area contributed by atoms with Crippen molar-refractivity contribution in [1.82, 2.24) is 9.97 Å². The predicted octanol–water partition coefficient (Wildman–Crippen LogP) is 4.43. The molecular weight excluding hydrogens is 388 g/mol. The van der Waals surface area contributed by atoms with Gasteiger partial charge in [0.05, 0.1) is 11.9 Å². The molecule has 0 fully saturated rings. The van der Waals surface area contributed by atoms with E-state index in [1.165, 1.54) is 11.2 Å². The average Bonchev–Trinajstić information content (AvgIpc) is 2.83. The lowest BCUT2D eigenvalue weighted by Crippen LogP contribution is -2.22. The zero-order valence-electron chi connectivity index (χ0n) is 13.6. The van der Waals surface area contributed by atoms with Crippen molar-refractivity contribution in [3.05, 3.63) is 45.0 Å². The van der Waals surface area contributed by atoms with Gasteiger partial charge in [-0.05, 0) is 50.1 Å². The summed E-state index contributed by atoms with van der Waals surface area (Å²) in [7, 11) is 0. The van der Waals surface area contributed by atoms with Crippen molar-refractivity contribution in [2.75, 3.05) is 17.2 Å². The molecule has 0 radical (unpaired) electrons. The van der Waals surface area contributed by atoms with Crippen LogP contribution in [-0.4, -0.2) is 22.4 Å². The highest BCUT2D eigenvalue weighted by molar-refractivity contribution is 9.10. The van der Waals surface area contributed by atoms with Gasteiger partial charge in [-0.25, -0.2) is 9.97 Å². The summed E-state index contributed by atoms with van der Waals surface area (Å²) >= 11 is 5.05. The van der Waals surface area contributed by atoms with E-state index in [0.29, 0.717) is 5.82 Å². The normalized spacial score (nSPS) is 10.8. The standard InChI is InChI=1S/C17H17BrN4OS/c1-9-6-12(18)4-5-13(9)22-14(23)7-19-16-15-10(2)11(3)24-17(15)21-8-20-16/h4-6,8H,7H2,1-3H3,(H,22,23)(H,19,20,21). The number of hydrogen-bond donors (Lipinski definition) is 2. The van der Waals surface area contributed by atoms with Crippen molar-refractivity contribution in [2.45, 2.75) is 20.8 Å². The lowest BCUT2D eigenvalue weighted by molar-refractivity contribution is -0.114. The molecular formula is C17H17BrN4OS. The maximum atomic E-state index is 12.2. The first kappa shape index (κ1) is 16.9. The van der Waals surface area contributed by atoms with Gasteiger partial charge in [0.15, 0.2) is 0 Å². The van der Waals surface area contributed by atoms with Crippen molar-refractivity contribution in [2.24, 2.45) is 0 Å². The Balaban J connectivity index is 1.73. The molecule has 0 bridgehead atoms. The van der Waals surface area contributed by atoms with Gasteiger partial charge in [0.2, 0.25) is 5.91 Å². The number of halogens is 1. The Labute approximate surface area is 152 Å². The summed E-state index contributed by atoms with van der Waals surface area (Å²) in [4.78, 5) is 23.0. The molecule has 1 aromatic carbocycles. The summed E-state index contributed by atoms with van der Waals surface area (Å²) in [5, 5.41) is 7.03. The minimum Gasteiger partial charge on any atom is -0.360 e. The number of thiophene rings is 1. The fourth-order valence-corrected chi connectivity index (χ4v) is 3.91. The summed E-state index contributed by atoms with van der Waals surface area (Å²) in [5.41, 5.74) is 2.97. The molecule has 0 aliphatic heterocycles. The molecule has 1 amide bonds. The van der Waals surface area contributed by atoms with E-state index in [1.54, 1.807) is 11.3 Å². The van der Waals surface area contributed by atoms with Gasteiger partial charge >= 0.3 is 0 Å². The van der Waals surface area contributed by atoms with Crippen LogP contribution in [0.3, 0.4) is 0 Å². The molecule has 0 saturated carbocycles.